The molecule has 2 heterocycles. The molecular weight excluding hydrogens is 306 g/mol. The second-order valence-electron chi connectivity index (χ2n) is 5.97. The lowest BCUT2D eigenvalue weighted by Crippen LogP contribution is -2.37. The highest BCUT2D eigenvalue weighted by Gasteiger charge is 2.16. The lowest BCUT2D eigenvalue weighted by Gasteiger charge is -2.12. The van der Waals surface area contributed by atoms with Crippen molar-refractivity contribution in [1.29, 1.82) is 0 Å². The number of nitrogens with zero attached hydrogens (tertiary/aromatic N) is 2. The van der Waals surface area contributed by atoms with Crippen LogP contribution in [-0.4, -0.2) is 34.9 Å². The minimum atomic E-state index is -0.292. The molecule has 1 aromatic carbocycles. The smallest absolute Gasteiger partial charge is 0.267 e. The zero-order chi connectivity index (χ0) is 16.9. The van der Waals surface area contributed by atoms with Gasteiger partial charge in [0.05, 0.1) is 11.8 Å². The maximum Gasteiger partial charge on any atom is 0.267 e. The van der Waals surface area contributed by atoms with Crippen LogP contribution in [0.1, 0.15) is 18.4 Å². The molecule has 1 saturated heterocycles. The maximum absolute atomic E-state index is 12.1. The van der Waals surface area contributed by atoms with E-state index in [-0.39, 0.29) is 24.1 Å². The van der Waals surface area contributed by atoms with E-state index in [1.54, 1.807) is 6.07 Å². The zero-order valence-corrected chi connectivity index (χ0v) is 13.7. The Morgan fingerprint density at radius 2 is 2.17 bits per heavy atom. The van der Waals surface area contributed by atoms with Crippen LogP contribution in [0, 0.1) is 6.92 Å². The van der Waals surface area contributed by atoms with E-state index >= 15 is 0 Å². The first-order valence-corrected chi connectivity index (χ1v) is 8.16. The molecule has 0 radical (unpaired) electrons. The molecule has 1 aromatic heterocycles. The normalized spacial score (nSPS) is 17.0. The quantitative estimate of drug-likeness (QED) is 0.903. The number of aromatic nitrogens is 2. The number of benzene rings is 1. The van der Waals surface area contributed by atoms with Crippen molar-refractivity contribution in [2.75, 3.05) is 13.2 Å². The fourth-order valence-corrected chi connectivity index (χ4v) is 2.79. The van der Waals surface area contributed by atoms with Gasteiger partial charge in [-0.25, -0.2) is 4.68 Å². The van der Waals surface area contributed by atoms with Crippen LogP contribution in [0.15, 0.2) is 41.2 Å². The molecule has 1 atom stereocenters. The number of hydrogen-bond donors (Lipinski definition) is 1. The van der Waals surface area contributed by atoms with Crippen LogP contribution in [0.25, 0.3) is 11.3 Å². The number of carbonyl (C=O) groups is 1. The highest BCUT2D eigenvalue weighted by molar-refractivity contribution is 5.75. The van der Waals surface area contributed by atoms with Crippen molar-refractivity contribution in [2.45, 2.75) is 32.4 Å². The van der Waals surface area contributed by atoms with Crippen LogP contribution in [0.4, 0.5) is 0 Å². The van der Waals surface area contributed by atoms with E-state index < -0.39 is 0 Å². The van der Waals surface area contributed by atoms with Crippen molar-refractivity contribution in [3.8, 4) is 11.3 Å². The van der Waals surface area contributed by atoms with E-state index in [0.29, 0.717) is 12.2 Å². The summed E-state index contributed by atoms with van der Waals surface area (Å²) in [6.07, 6.45) is 2.07. The largest absolute Gasteiger partial charge is 0.376 e. The van der Waals surface area contributed by atoms with Gasteiger partial charge in [-0.1, -0.05) is 24.3 Å². The van der Waals surface area contributed by atoms with Crippen molar-refractivity contribution < 1.29 is 9.53 Å². The Kier molecular flexibility index (Phi) is 5.05. The Hall–Kier alpha value is -2.47. The van der Waals surface area contributed by atoms with Gasteiger partial charge in [-0.3, -0.25) is 9.59 Å². The number of nitrogens with one attached hydrogen (secondary N) is 1. The summed E-state index contributed by atoms with van der Waals surface area (Å²) in [7, 11) is 0. The van der Waals surface area contributed by atoms with Gasteiger partial charge >= 0.3 is 0 Å². The Labute approximate surface area is 140 Å². The predicted octanol–water partition coefficient (Wildman–Crippen LogP) is 1.51. The van der Waals surface area contributed by atoms with Crippen molar-refractivity contribution >= 4 is 5.91 Å². The standard InChI is InChI=1S/C18H21N3O3/c1-13-5-2-3-7-15(13)16-8-9-18(23)21(20-16)12-17(22)19-11-14-6-4-10-24-14/h2-3,5,7-9,14H,4,6,10-12H2,1H3,(H,19,22). The zero-order valence-electron chi connectivity index (χ0n) is 13.7. The molecule has 6 heteroatoms. The predicted molar refractivity (Wildman–Crippen MR) is 90.7 cm³/mol. The molecule has 3 rings (SSSR count). The molecule has 2 aromatic rings. The highest BCUT2D eigenvalue weighted by Crippen LogP contribution is 2.19. The molecule has 1 aliphatic heterocycles. The third kappa shape index (κ3) is 3.89. The number of carbonyl (C=O) groups excluding carboxylic acids is 1. The minimum absolute atomic E-state index is 0.0805. The molecule has 6 nitrogen and oxygen atoms in total. The first-order valence-electron chi connectivity index (χ1n) is 8.16. The van der Waals surface area contributed by atoms with Gasteiger partial charge in [0.15, 0.2) is 0 Å². The minimum Gasteiger partial charge on any atom is -0.376 e. The summed E-state index contributed by atoms with van der Waals surface area (Å²) in [5.74, 6) is -0.234. The summed E-state index contributed by atoms with van der Waals surface area (Å²) in [6.45, 7) is 3.12. The monoisotopic (exact) mass is 327 g/mol. The highest BCUT2D eigenvalue weighted by atomic mass is 16.5. The van der Waals surface area contributed by atoms with Crippen LogP contribution in [0.3, 0.4) is 0 Å². The van der Waals surface area contributed by atoms with E-state index in [1.165, 1.54) is 10.7 Å². The molecule has 1 aliphatic rings. The summed E-state index contributed by atoms with van der Waals surface area (Å²) < 4.78 is 6.67. The van der Waals surface area contributed by atoms with Gasteiger partial charge in [0, 0.05) is 24.8 Å². The number of rotatable bonds is 5. The van der Waals surface area contributed by atoms with Crippen molar-refractivity contribution in [3.63, 3.8) is 0 Å². The fourth-order valence-electron chi connectivity index (χ4n) is 2.79. The Bertz CT molecular complexity index is 779. The SMILES string of the molecule is Cc1ccccc1-c1ccc(=O)n(CC(=O)NCC2CCCO2)n1. The van der Waals surface area contributed by atoms with Gasteiger partial charge in [0.25, 0.3) is 5.56 Å². The van der Waals surface area contributed by atoms with Crippen LogP contribution < -0.4 is 10.9 Å². The summed E-state index contributed by atoms with van der Waals surface area (Å²) in [5.41, 5.74) is 2.41. The van der Waals surface area contributed by atoms with Crippen LogP contribution >= 0.6 is 0 Å². The van der Waals surface area contributed by atoms with Gasteiger partial charge in [0.1, 0.15) is 6.54 Å². The van der Waals surface area contributed by atoms with E-state index in [9.17, 15) is 9.59 Å². The van der Waals surface area contributed by atoms with Crippen molar-refractivity contribution in [1.82, 2.24) is 15.1 Å². The van der Waals surface area contributed by atoms with E-state index in [4.69, 9.17) is 4.74 Å². The van der Waals surface area contributed by atoms with E-state index in [1.807, 2.05) is 31.2 Å². The molecule has 1 fully saturated rings. The van der Waals surface area contributed by atoms with E-state index in [0.717, 1.165) is 30.6 Å². The molecule has 1 amide bonds. The van der Waals surface area contributed by atoms with Gasteiger partial charge in [0.2, 0.25) is 5.91 Å². The average molecular weight is 327 g/mol. The van der Waals surface area contributed by atoms with Gasteiger partial charge in [-0.05, 0) is 31.4 Å². The number of aryl methyl sites for hydroxylation is 1. The fraction of sp³-hybridized carbons (Fsp3) is 0.389. The van der Waals surface area contributed by atoms with Gasteiger partial charge < -0.3 is 10.1 Å². The summed E-state index contributed by atoms with van der Waals surface area (Å²) in [6, 6.07) is 10.9. The third-order valence-electron chi connectivity index (χ3n) is 4.13. The summed E-state index contributed by atoms with van der Waals surface area (Å²) >= 11 is 0. The first kappa shape index (κ1) is 16.4. The van der Waals surface area contributed by atoms with Gasteiger partial charge in [-0.15, -0.1) is 0 Å². The van der Waals surface area contributed by atoms with E-state index in [2.05, 4.69) is 10.4 Å². The van der Waals surface area contributed by atoms with Crippen LogP contribution in [0.5, 0.6) is 0 Å². The number of amides is 1. The molecule has 1 unspecified atom stereocenters. The lowest BCUT2D eigenvalue weighted by molar-refractivity contribution is -0.122. The second kappa shape index (κ2) is 7.40. The molecule has 126 valence electrons. The summed E-state index contributed by atoms with van der Waals surface area (Å²) in [5, 5.41) is 7.14. The first-order chi connectivity index (χ1) is 11.6. The third-order valence-corrected chi connectivity index (χ3v) is 4.13. The second-order valence-corrected chi connectivity index (χ2v) is 5.97. The lowest BCUT2D eigenvalue weighted by atomic mass is 10.1. The van der Waals surface area contributed by atoms with Crippen molar-refractivity contribution in [3.05, 3.63) is 52.3 Å². The Morgan fingerprint density at radius 1 is 1.33 bits per heavy atom. The molecule has 0 aliphatic carbocycles. The molecule has 24 heavy (non-hydrogen) atoms. The molecule has 0 spiro atoms. The van der Waals surface area contributed by atoms with Crippen molar-refractivity contribution in [2.24, 2.45) is 0 Å². The molecular formula is C18H21N3O3. The molecule has 0 bridgehead atoms. The van der Waals surface area contributed by atoms with Crippen LogP contribution in [0.2, 0.25) is 0 Å². The van der Waals surface area contributed by atoms with Crippen LogP contribution in [-0.2, 0) is 16.1 Å². The Morgan fingerprint density at radius 3 is 2.92 bits per heavy atom. The van der Waals surface area contributed by atoms with Gasteiger partial charge in [-0.2, -0.15) is 5.10 Å². The molecule has 0 saturated carbocycles. The topological polar surface area (TPSA) is 73.2 Å². The number of hydrogen-bond acceptors (Lipinski definition) is 4. The maximum atomic E-state index is 12.1. The molecule has 1 N–H and O–H groups in total. The summed E-state index contributed by atoms with van der Waals surface area (Å²) in [4.78, 5) is 24.0. The number of ether oxygens (including phenoxy) is 1. The average Bonchev–Trinajstić information content (AvgIpc) is 3.09. The Balaban J connectivity index is 1.71.